The van der Waals surface area contributed by atoms with E-state index >= 15 is 0 Å². The van der Waals surface area contributed by atoms with E-state index in [4.69, 9.17) is 9.47 Å². The second-order valence-electron chi connectivity index (χ2n) is 5.26. The van der Waals surface area contributed by atoms with Crippen LogP contribution in [0, 0.1) is 0 Å². The lowest BCUT2D eigenvalue weighted by molar-refractivity contribution is -0.149. The summed E-state index contributed by atoms with van der Waals surface area (Å²) in [5.41, 5.74) is 1.08. The van der Waals surface area contributed by atoms with Crippen LogP contribution in [0.4, 0.5) is 0 Å². The van der Waals surface area contributed by atoms with Gasteiger partial charge in [-0.1, -0.05) is 13.3 Å². The Bertz CT molecular complexity index is 584. The monoisotopic (exact) mass is 307 g/mol. The van der Waals surface area contributed by atoms with E-state index in [0.29, 0.717) is 30.5 Å². The zero-order valence-corrected chi connectivity index (χ0v) is 13.1. The smallest absolute Gasteiger partial charge is 0.328 e. The molecule has 6 nitrogen and oxygen atoms in total. The topological polar surface area (TPSA) is 76.1 Å². The maximum atomic E-state index is 12.6. The number of carbonyl (C=O) groups excluding carboxylic acids is 2. The van der Waals surface area contributed by atoms with Gasteiger partial charge in [0.1, 0.15) is 6.04 Å². The minimum Gasteiger partial charge on any atom is -0.504 e. The Morgan fingerprint density at radius 1 is 1.36 bits per heavy atom. The van der Waals surface area contributed by atoms with Crippen LogP contribution in [0.5, 0.6) is 11.5 Å². The van der Waals surface area contributed by atoms with Crippen molar-refractivity contribution in [1.82, 2.24) is 4.90 Å². The van der Waals surface area contributed by atoms with E-state index in [1.807, 2.05) is 6.92 Å². The van der Waals surface area contributed by atoms with Gasteiger partial charge < -0.3 is 19.5 Å². The average molecular weight is 307 g/mol. The molecule has 0 aliphatic carbocycles. The summed E-state index contributed by atoms with van der Waals surface area (Å²) >= 11 is 0. The third kappa shape index (κ3) is 2.86. The summed E-state index contributed by atoms with van der Waals surface area (Å²) in [6.07, 6.45) is 2.09. The van der Waals surface area contributed by atoms with E-state index in [0.717, 1.165) is 6.42 Å². The van der Waals surface area contributed by atoms with Gasteiger partial charge in [-0.2, -0.15) is 0 Å². The van der Waals surface area contributed by atoms with Crippen molar-refractivity contribution in [2.45, 2.75) is 32.2 Å². The number of esters is 1. The van der Waals surface area contributed by atoms with Crippen LogP contribution < -0.4 is 4.74 Å². The molecule has 1 aliphatic heterocycles. The summed E-state index contributed by atoms with van der Waals surface area (Å²) in [6.45, 7) is 2.51. The fourth-order valence-corrected chi connectivity index (χ4v) is 2.58. The summed E-state index contributed by atoms with van der Waals surface area (Å²) in [7, 11) is 2.76. The van der Waals surface area contributed by atoms with Crippen molar-refractivity contribution in [1.29, 1.82) is 0 Å². The van der Waals surface area contributed by atoms with E-state index < -0.39 is 12.0 Å². The van der Waals surface area contributed by atoms with E-state index in [1.54, 1.807) is 6.07 Å². The number of aromatic hydroxyl groups is 1. The quantitative estimate of drug-likeness (QED) is 0.839. The number of nitrogens with zero attached hydrogens (tertiary/aromatic N) is 1. The first-order chi connectivity index (χ1) is 10.5. The number of phenolic OH excluding ortho intramolecular Hbond substituents is 1. The van der Waals surface area contributed by atoms with Crippen LogP contribution in [0.15, 0.2) is 12.1 Å². The number of benzene rings is 1. The van der Waals surface area contributed by atoms with Crippen LogP contribution in [-0.4, -0.2) is 48.7 Å². The van der Waals surface area contributed by atoms with Gasteiger partial charge in [-0.3, -0.25) is 4.79 Å². The first-order valence-corrected chi connectivity index (χ1v) is 7.32. The highest BCUT2D eigenvalue weighted by atomic mass is 16.5. The van der Waals surface area contributed by atoms with Crippen molar-refractivity contribution in [3.05, 3.63) is 23.3 Å². The van der Waals surface area contributed by atoms with Crippen molar-refractivity contribution >= 4 is 11.9 Å². The van der Waals surface area contributed by atoms with Gasteiger partial charge in [0.25, 0.3) is 5.91 Å². The summed E-state index contributed by atoms with van der Waals surface area (Å²) in [6, 6.07) is 2.65. The Kier molecular flexibility index (Phi) is 4.90. The van der Waals surface area contributed by atoms with Gasteiger partial charge in [-0.05, 0) is 30.5 Å². The molecule has 0 aromatic heterocycles. The summed E-state index contributed by atoms with van der Waals surface area (Å²) in [5.74, 6) is -0.324. The van der Waals surface area contributed by atoms with Crippen LogP contribution in [-0.2, 0) is 16.0 Å². The Morgan fingerprint density at radius 3 is 2.59 bits per heavy atom. The van der Waals surface area contributed by atoms with Gasteiger partial charge in [-0.15, -0.1) is 0 Å². The molecular weight excluding hydrogens is 286 g/mol. The van der Waals surface area contributed by atoms with Gasteiger partial charge in [0.2, 0.25) is 0 Å². The predicted molar refractivity (Wildman–Crippen MR) is 80.1 cm³/mol. The maximum Gasteiger partial charge on any atom is 0.328 e. The third-order valence-corrected chi connectivity index (χ3v) is 3.89. The molecule has 1 fully saturated rings. The zero-order chi connectivity index (χ0) is 16.3. The predicted octanol–water partition coefficient (Wildman–Crippen LogP) is 1.74. The lowest BCUT2D eigenvalue weighted by atomic mass is 9.99. The highest BCUT2D eigenvalue weighted by Crippen LogP contribution is 2.33. The number of aryl methyl sites for hydroxylation is 1. The molecular formula is C16H21NO5. The van der Waals surface area contributed by atoms with Gasteiger partial charge in [0.15, 0.2) is 11.5 Å². The number of carbonyl (C=O) groups is 2. The number of amides is 1. The summed E-state index contributed by atoms with van der Waals surface area (Å²) < 4.78 is 9.84. The van der Waals surface area contributed by atoms with Gasteiger partial charge in [0.05, 0.1) is 14.2 Å². The number of likely N-dealkylation sites (tertiary alicyclic amines) is 1. The third-order valence-electron chi connectivity index (χ3n) is 3.89. The minimum absolute atomic E-state index is 0.0639. The largest absolute Gasteiger partial charge is 0.504 e. The molecule has 0 radical (unpaired) electrons. The number of methoxy groups -OCH3 is 2. The first-order valence-electron chi connectivity index (χ1n) is 7.32. The maximum absolute atomic E-state index is 12.6. The number of hydrogen-bond donors (Lipinski definition) is 1. The van der Waals surface area contributed by atoms with Crippen molar-refractivity contribution in [3.63, 3.8) is 0 Å². The lowest BCUT2D eigenvalue weighted by Crippen LogP contribution is -2.55. The molecule has 1 amide bonds. The van der Waals surface area contributed by atoms with E-state index in [2.05, 4.69) is 0 Å². The van der Waals surface area contributed by atoms with Crippen LogP contribution in [0.25, 0.3) is 0 Å². The second-order valence-corrected chi connectivity index (χ2v) is 5.26. The van der Waals surface area contributed by atoms with Crippen LogP contribution in [0.3, 0.4) is 0 Å². The number of phenols is 1. The van der Waals surface area contributed by atoms with Crippen molar-refractivity contribution < 1.29 is 24.2 Å². The fourth-order valence-electron chi connectivity index (χ4n) is 2.58. The highest BCUT2D eigenvalue weighted by molar-refractivity contribution is 5.98. The fraction of sp³-hybridized carbons (Fsp3) is 0.500. The molecule has 0 spiro atoms. The molecule has 0 bridgehead atoms. The molecule has 6 heteroatoms. The van der Waals surface area contributed by atoms with Crippen LogP contribution in [0.2, 0.25) is 0 Å². The molecule has 1 N–H and O–H groups in total. The Balaban J connectivity index is 2.30. The number of hydrogen-bond acceptors (Lipinski definition) is 5. The molecule has 1 aromatic carbocycles. The molecule has 1 unspecified atom stereocenters. The van der Waals surface area contributed by atoms with Gasteiger partial charge in [0, 0.05) is 12.1 Å². The molecule has 1 aromatic rings. The van der Waals surface area contributed by atoms with Crippen LogP contribution in [0.1, 0.15) is 35.7 Å². The molecule has 1 atom stereocenters. The van der Waals surface area contributed by atoms with Gasteiger partial charge in [-0.25, -0.2) is 4.79 Å². The summed E-state index contributed by atoms with van der Waals surface area (Å²) in [5, 5.41) is 10.1. The standard InChI is InChI=1S/C16H21NO5/c1-4-5-10-8-11(9-13(21-2)14(10)18)15(19)17-7-6-12(17)16(20)22-3/h8-9,12,18H,4-7H2,1-3H3. The summed E-state index contributed by atoms with van der Waals surface area (Å²) in [4.78, 5) is 25.7. The average Bonchev–Trinajstić information content (AvgIpc) is 2.48. The number of rotatable bonds is 5. The SMILES string of the molecule is CCCc1cc(C(=O)N2CCC2C(=O)OC)cc(OC)c1O. The van der Waals surface area contributed by atoms with Gasteiger partial charge >= 0.3 is 5.97 Å². The molecule has 22 heavy (non-hydrogen) atoms. The highest BCUT2D eigenvalue weighted by Gasteiger charge is 2.39. The molecule has 1 saturated heterocycles. The molecule has 1 heterocycles. The number of ether oxygens (including phenoxy) is 2. The molecule has 0 saturated carbocycles. The molecule has 2 rings (SSSR count). The minimum atomic E-state index is -0.521. The van der Waals surface area contributed by atoms with Crippen molar-refractivity contribution in [2.24, 2.45) is 0 Å². The van der Waals surface area contributed by atoms with Crippen LogP contribution >= 0.6 is 0 Å². The van der Waals surface area contributed by atoms with E-state index in [1.165, 1.54) is 25.2 Å². The zero-order valence-electron chi connectivity index (χ0n) is 13.1. The van der Waals surface area contributed by atoms with E-state index in [-0.39, 0.29) is 17.4 Å². The first kappa shape index (κ1) is 16.1. The Labute approximate surface area is 129 Å². The Morgan fingerprint density at radius 2 is 2.09 bits per heavy atom. The molecule has 120 valence electrons. The van der Waals surface area contributed by atoms with Crippen molar-refractivity contribution in [3.8, 4) is 11.5 Å². The second kappa shape index (κ2) is 6.68. The van der Waals surface area contributed by atoms with Crippen molar-refractivity contribution in [2.75, 3.05) is 20.8 Å². The lowest BCUT2D eigenvalue weighted by Gasteiger charge is -2.38. The van der Waals surface area contributed by atoms with E-state index in [9.17, 15) is 14.7 Å². The molecule has 1 aliphatic rings. The Hall–Kier alpha value is -2.24. The normalized spacial score (nSPS) is 16.9.